The van der Waals surface area contributed by atoms with Crippen LogP contribution in [-0.2, 0) is 17.9 Å². The highest BCUT2D eigenvalue weighted by atomic mass is 16.5. The Labute approximate surface area is 177 Å². The van der Waals surface area contributed by atoms with Crippen LogP contribution in [-0.4, -0.2) is 34.0 Å². The van der Waals surface area contributed by atoms with Crippen LogP contribution in [0.5, 0.6) is 0 Å². The molecule has 1 N–H and O–H groups in total. The summed E-state index contributed by atoms with van der Waals surface area (Å²) >= 11 is 0. The van der Waals surface area contributed by atoms with Gasteiger partial charge in [-0.05, 0) is 44.4 Å². The van der Waals surface area contributed by atoms with E-state index < -0.39 is 0 Å². The number of likely N-dealkylation sites (tertiary alicyclic amines) is 1. The van der Waals surface area contributed by atoms with Crippen molar-refractivity contribution in [1.29, 1.82) is 0 Å². The van der Waals surface area contributed by atoms with Crippen LogP contribution in [0.4, 0.5) is 0 Å². The number of nitrogens with one attached hydrogen (secondary N) is 1. The van der Waals surface area contributed by atoms with E-state index in [1.54, 1.807) is 0 Å². The molecule has 1 aliphatic rings. The first-order valence-corrected chi connectivity index (χ1v) is 10.5. The van der Waals surface area contributed by atoms with Gasteiger partial charge in [-0.3, -0.25) is 9.69 Å². The van der Waals surface area contributed by atoms with Crippen molar-refractivity contribution >= 4 is 5.91 Å². The minimum absolute atomic E-state index is 0.0118. The molecule has 6 heteroatoms. The van der Waals surface area contributed by atoms with E-state index in [0.717, 1.165) is 30.5 Å². The van der Waals surface area contributed by atoms with Crippen molar-refractivity contribution in [3.8, 4) is 11.4 Å². The molecule has 0 radical (unpaired) electrons. The fourth-order valence-electron chi connectivity index (χ4n) is 3.88. The molecule has 30 heavy (non-hydrogen) atoms. The normalized spacial score (nSPS) is 17.1. The number of nitrogens with zero attached hydrogens (tertiary/aromatic N) is 3. The van der Waals surface area contributed by atoms with E-state index in [1.807, 2.05) is 36.4 Å². The lowest BCUT2D eigenvalue weighted by Gasteiger charge is -2.30. The number of aryl methyl sites for hydroxylation is 2. The Morgan fingerprint density at radius 2 is 1.97 bits per heavy atom. The third-order valence-electron chi connectivity index (χ3n) is 5.73. The molecule has 2 heterocycles. The number of hydrogen-bond donors (Lipinski definition) is 1. The lowest BCUT2D eigenvalue weighted by molar-refractivity contribution is -0.127. The Balaban J connectivity index is 1.32. The van der Waals surface area contributed by atoms with Gasteiger partial charge in [0.1, 0.15) is 0 Å². The molecule has 1 atom stereocenters. The predicted molar refractivity (Wildman–Crippen MR) is 115 cm³/mol. The number of carbonyl (C=O) groups is 1. The highest BCUT2D eigenvalue weighted by Gasteiger charge is 2.26. The molecule has 4 rings (SSSR count). The van der Waals surface area contributed by atoms with Crippen molar-refractivity contribution in [1.82, 2.24) is 20.4 Å². The predicted octanol–water partition coefficient (Wildman–Crippen LogP) is 3.88. The summed E-state index contributed by atoms with van der Waals surface area (Å²) in [6.07, 6.45) is 1.90. The maximum Gasteiger partial charge on any atom is 0.241 e. The molecule has 2 aromatic carbocycles. The average Bonchev–Trinajstić information content (AvgIpc) is 3.22. The zero-order valence-corrected chi connectivity index (χ0v) is 17.6. The van der Waals surface area contributed by atoms with Gasteiger partial charge in [0.15, 0.2) is 0 Å². The van der Waals surface area contributed by atoms with Gasteiger partial charge < -0.3 is 9.84 Å². The standard InChI is InChI=1S/C24H28N4O2/c1-17-9-11-19(12-10-17)23-26-22(30-27-23)16-28-13-5-8-21(15-28)24(29)25-14-20-7-4-3-6-18(20)2/h3-4,6-7,9-12,21H,5,8,13-16H2,1-2H3,(H,25,29). The minimum Gasteiger partial charge on any atom is -0.352 e. The van der Waals surface area contributed by atoms with Crippen LogP contribution in [0.15, 0.2) is 53.1 Å². The third-order valence-corrected chi connectivity index (χ3v) is 5.73. The van der Waals surface area contributed by atoms with E-state index in [1.165, 1.54) is 11.1 Å². The Bertz CT molecular complexity index is 996. The monoisotopic (exact) mass is 404 g/mol. The Hall–Kier alpha value is -2.99. The van der Waals surface area contributed by atoms with E-state index in [9.17, 15) is 4.79 Å². The number of amides is 1. The van der Waals surface area contributed by atoms with Gasteiger partial charge in [-0.25, -0.2) is 0 Å². The minimum atomic E-state index is -0.0118. The highest BCUT2D eigenvalue weighted by molar-refractivity contribution is 5.79. The summed E-state index contributed by atoms with van der Waals surface area (Å²) < 4.78 is 5.46. The molecular weight excluding hydrogens is 376 g/mol. The fraction of sp³-hybridized carbons (Fsp3) is 0.375. The number of rotatable bonds is 6. The number of aromatic nitrogens is 2. The van der Waals surface area contributed by atoms with Crippen molar-refractivity contribution < 1.29 is 9.32 Å². The van der Waals surface area contributed by atoms with Crippen molar-refractivity contribution in [2.45, 2.75) is 39.8 Å². The van der Waals surface area contributed by atoms with Gasteiger partial charge in [-0.15, -0.1) is 0 Å². The van der Waals surface area contributed by atoms with E-state index in [4.69, 9.17) is 4.52 Å². The van der Waals surface area contributed by atoms with E-state index in [-0.39, 0.29) is 11.8 Å². The molecule has 0 aliphatic carbocycles. The Morgan fingerprint density at radius 3 is 2.77 bits per heavy atom. The molecule has 0 saturated carbocycles. The van der Waals surface area contributed by atoms with Crippen LogP contribution in [0.3, 0.4) is 0 Å². The van der Waals surface area contributed by atoms with Gasteiger partial charge in [0, 0.05) is 18.7 Å². The second kappa shape index (κ2) is 9.22. The largest absolute Gasteiger partial charge is 0.352 e. The zero-order valence-electron chi connectivity index (χ0n) is 17.6. The summed E-state index contributed by atoms with van der Waals surface area (Å²) in [6, 6.07) is 16.2. The topological polar surface area (TPSA) is 71.3 Å². The molecule has 0 bridgehead atoms. The van der Waals surface area contributed by atoms with Crippen LogP contribution in [0, 0.1) is 19.8 Å². The van der Waals surface area contributed by atoms with Crippen LogP contribution in [0.1, 0.15) is 35.4 Å². The van der Waals surface area contributed by atoms with Crippen LogP contribution in [0.25, 0.3) is 11.4 Å². The number of hydrogen-bond acceptors (Lipinski definition) is 5. The molecule has 1 aromatic heterocycles. The number of benzene rings is 2. The lowest BCUT2D eigenvalue weighted by Crippen LogP contribution is -2.42. The second-order valence-corrected chi connectivity index (χ2v) is 8.10. The van der Waals surface area contributed by atoms with Crippen LogP contribution in [0.2, 0.25) is 0 Å². The molecule has 1 amide bonds. The van der Waals surface area contributed by atoms with Crippen molar-refractivity contribution in [2.24, 2.45) is 5.92 Å². The van der Waals surface area contributed by atoms with Gasteiger partial charge in [-0.1, -0.05) is 59.3 Å². The highest BCUT2D eigenvalue weighted by Crippen LogP contribution is 2.21. The first-order chi connectivity index (χ1) is 14.6. The fourth-order valence-corrected chi connectivity index (χ4v) is 3.88. The molecule has 0 spiro atoms. The van der Waals surface area contributed by atoms with Crippen molar-refractivity contribution in [2.75, 3.05) is 13.1 Å². The average molecular weight is 405 g/mol. The summed E-state index contributed by atoms with van der Waals surface area (Å²) in [5.41, 5.74) is 4.50. The van der Waals surface area contributed by atoms with Crippen molar-refractivity contribution in [3.05, 3.63) is 71.1 Å². The molecule has 156 valence electrons. The lowest BCUT2D eigenvalue weighted by atomic mass is 9.97. The van der Waals surface area contributed by atoms with Crippen LogP contribution >= 0.6 is 0 Å². The molecular formula is C24H28N4O2. The summed E-state index contributed by atoms with van der Waals surface area (Å²) in [5, 5.41) is 7.22. The first kappa shape index (κ1) is 20.3. The Morgan fingerprint density at radius 1 is 1.17 bits per heavy atom. The maximum absolute atomic E-state index is 12.7. The number of carbonyl (C=O) groups excluding carboxylic acids is 1. The first-order valence-electron chi connectivity index (χ1n) is 10.5. The summed E-state index contributed by atoms with van der Waals surface area (Å²) in [4.78, 5) is 19.5. The third kappa shape index (κ3) is 4.94. The molecule has 1 unspecified atom stereocenters. The summed E-state index contributed by atoms with van der Waals surface area (Å²) in [5.74, 6) is 1.30. The van der Waals surface area contributed by atoms with E-state index in [0.29, 0.717) is 31.3 Å². The zero-order chi connectivity index (χ0) is 20.9. The number of piperidine rings is 1. The Kier molecular flexibility index (Phi) is 6.23. The van der Waals surface area contributed by atoms with Crippen LogP contribution < -0.4 is 5.32 Å². The second-order valence-electron chi connectivity index (χ2n) is 8.10. The van der Waals surface area contributed by atoms with E-state index in [2.05, 4.69) is 46.3 Å². The summed E-state index contributed by atoms with van der Waals surface area (Å²) in [6.45, 7) is 6.91. The quantitative estimate of drug-likeness (QED) is 0.675. The van der Waals surface area contributed by atoms with Gasteiger partial charge in [0.05, 0.1) is 12.5 Å². The molecule has 1 fully saturated rings. The SMILES string of the molecule is Cc1ccc(-c2noc(CN3CCCC(C(=O)NCc4ccccc4C)C3)n2)cc1. The smallest absolute Gasteiger partial charge is 0.241 e. The van der Waals surface area contributed by atoms with Gasteiger partial charge in [-0.2, -0.15) is 4.98 Å². The van der Waals surface area contributed by atoms with E-state index >= 15 is 0 Å². The molecule has 3 aromatic rings. The van der Waals surface area contributed by atoms with Gasteiger partial charge >= 0.3 is 0 Å². The molecule has 6 nitrogen and oxygen atoms in total. The summed E-state index contributed by atoms with van der Waals surface area (Å²) in [7, 11) is 0. The molecule has 1 saturated heterocycles. The van der Waals surface area contributed by atoms with Crippen molar-refractivity contribution in [3.63, 3.8) is 0 Å². The maximum atomic E-state index is 12.7. The molecule has 1 aliphatic heterocycles. The van der Waals surface area contributed by atoms with Gasteiger partial charge in [0.2, 0.25) is 17.6 Å². The van der Waals surface area contributed by atoms with Gasteiger partial charge in [0.25, 0.3) is 0 Å².